The zero-order valence-corrected chi connectivity index (χ0v) is 14.8. The third-order valence-corrected chi connectivity index (χ3v) is 4.46. The lowest BCUT2D eigenvalue weighted by Gasteiger charge is -2.32. The first-order valence-corrected chi connectivity index (χ1v) is 8.60. The Bertz CT molecular complexity index is 815. The van der Waals surface area contributed by atoms with Crippen LogP contribution in [-0.4, -0.2) is 54.2 Å². The molecule has 2 aromatic carbocycles. The second kappa shape index (κ2) is 8.01. The highest BCUT2D eigenvalue weighted by Crippen LogP contribution is 2.16. The molecule has 0 atom stereocenters. The van der Waals surface area contributed by atoms with Crippen molar-refractivity contribution in [3.63, 3.8) is 0 Å². The van der Waals surface area contributed by atoms with E-state index in [1.54, 1.807) is 58.3 Å². The smallest absolute Gasteiger partial charge is 0.255 e. The average molecular weight is 372 g/mol. The third-order valence-electron chi connectivity index (χ3n) is 4.23. The Morgan fingerprint density at radius 1 is 0.962 bits per heavy atom. The maximum absolute atomic E-state index is 12.5. The molecule has 3 rings (SSSR count). The van der Waals surface area contributed by atoms with Gasteiger partial charge < -0.3 is 15.1 Å². The normalized spacial score (nSPS) is 14.0. The van der Waals surface area contributed by atoms with Crippen molar-refractivity contribution < 1.29 is 14.4 Å². The van der Waals surface area contributed by atoms with Gasteiger partial charge in [-0.05, 0) is 42.5 Å². The minimum Gasteiger partial charge on any atom is -0.342 e. The molecule has 0 bridgehead atoms. The Morgan fingerprint density at radius 2 is 1.62 bits per heavy atom. The number of hydrogen-bond acceptors (Lipinski definition) is 3. The summed E-state index contributed by atoms with van der Waals surface area (Å²) in [4.78, 5) is 38.9. The molecule has 3 amide bonds. The fourth-order valence-electron chi connectivity index (χ4n) is 2.75. The molecule has 1 N–H and O–H groups in total. The van der Waals surface area contributed by atoms with E-state index < -0.39 is 0 Å². The fraction of sp³-hybridized carbons (Fsp3) is 0.211. The summed E-state index contributed by atoms with van der Waals surface area (Å²) in [6, 6.07) is 13.4. The Labute approximate surface area is 156 Å². The van der Waals surface area contributed by atoms with Gasteiger partial charge in [0.15, 0.2) is 0 Å². The van der Waals surface area contributed by atoms with Crippen molar-refractivity contribution in [1.29, 1.82) is 0 Å². The van der Waals surface area contributed by atoms with Gasteiger partial charge in [-0.2, -0.15) is 0 Å². The zero-order chi connectivity index (χ0) is 18.5. The molecule has 0 spiro atoms. The number of rotatable bonds is 4. The number of carbonyl (C=O) groups excluding carboxylic acids is 3. The third kappa shape index (κ3) is 4.21. The molecular formula is C19H18ClN3O3. The van der Waals surface area contributed by atoms with Crippen molar-refractivity contribution >= 4 is 35.5 Å². The van der Waals surface area contributed by atoms with Gasteiger partial charge in [-0.25, -0.2) is 0 Å². The predicted molar refractivity (Wildman–Crippen MR) is 99.4 cm³/mol. The quantitative estimate of drug-likeness (QED) is 0.839. The lowest BCUT2D eigenvalue weighted by Crippen LogP contribution is -2.48. The number of hydrogen-bond donors (Lipinski definition) is 1. The van der Waals surface area contributed by atoms with Crippen molar-refractivity contribution in [2.24, 2.45) is 0 Å². The molecule has 134 valence electrons. The average Bonchev–Trinajstić information content (AvgIpc) is 2.67. The molecule has 0 saturated carbocycles. The van der Waals surface area contributed by atoms with Gasteiger partial charge in [0.25, 0.3) is 11.8 Å². The fourth-order valence-corrected chi connectivity index (χ4v) is 2.94. The molecular weight excluding hydrogens is 354 g/mol. The van der Waals surface area contributed by atoms with E-state index in [2.05, 4.69) is 5.32 Å². The second-order valence-electron chi connectivity index (χ2n) is 5.98. The van der Waals surface area contributed by atoms with Crippen molar-refractivity contribution in [1.82, 2.24) is 9.80 Å². The number of piperazine rings is 1. The summed E-state index contributed by atoms with van der Waals surface area (Å²) in [7, 11) is 0. The van der Waals surface area contributed by atoms with Gasteiger partial charge in [-0.15, -0.1) is 0 Å². The van der Waals surface area contributed by atoms with E-state index >= 15 is 0 Å². The summed E-state index contributed by atoms with van der Waals surface area (Å²) in [5.74, 6) is -0.372. The first-order valence-electron chi connectivity index (χ1n) is 8.22. The van der Waals surface area contributed by atoms with Gasteiger partial charge in [0.05, 0.1) is 0 Å². The van der Waals surface area contributed by atoms with Gasteiger partial charge in [-0.3, -0.25) is 14.4 Å². The molecule has 1 saturated heterocycles. The van der Waals surface area contributed by atoms with Crippen LogP contribution >= 0.6 is 11.6 Å². The summed E-state index contributed by atoms with van der Waals surface area (Å²) in [6.07, 6.45) is 0.801. The van der Waals surface area contributed by atoms with Crippen molar-refractivity contribution in [3.05, 3.63) is 64.7 Å². The Kier molecular flexibility index (Phi) is 5.53. The van der Waals surface area contributed by atoms with Crippen LogP contribution in [0, 0.1) is 0 Å². The summed E-state index contributed by atoms with van der Waals surface area (Å²) >= 11 is 5.91. The molecule has 0 aliphatic carbocycles. The van der Waals surface area contributed by atoms with Crippen LogP contribution < -0.4 is 5.32 Å². The van der Waals surface area contributed by atoms with Gasteiger partial charge in [0.2, 0.25) is 6.41 Å². The highest BCUT2D eigenvalue weighted by Gasteiger charge is 2.21. The van der Waals surface area contributed by atoms with Crippen LogP contribution in [0.4, 0.5) is 5.69 Å². The number of benzene rings is 2. The first-order chi connectivity index (χ1) is 12.6. The van der Waals surface area contributed by atoms with Crippen LogP contribution in [0.5, 0.6) is 0 Å². The maximum Gasteiger partial charge on any atom is 0.255 e. The summed E-state index contributed by atoms with van der Waals surface area (Å²) < 4.78 is 0. The minimum absolute atomic E-state index is 0.0997. The molecule has 1 fully saturated rings. The Balaban J connectivity index is 1.63. The van der Waals surface area contributed by atoms with Gasteiger partial charge in [0, 0.05) is 48.0 Å². The van der Waals surface area contributed by atoms with Crippen molar-refractivity contribution in [2.45, 2.75) is 0 Å². The summed E-state index contributed by atoms with van der Waals surface area (Å²) in [5, 5.41) is 3.31. The van der Waals surface area contributed by atoms with Crippen LogP contribution in [0.2, 0.25) is 5.02 Å². The lowest BCUT2D eigenvalue weighted by atomic mass is 10.1. The molecule has 1 aliphatic heterocycles. The largest absolute Gasteiger partial charge is 0.342 e. The Hall–Kier alpha value is -2.86. The number of amides is 3. The number of anilines is 1. The maximum atomic E-state index is 12.5. The molecule has 26 heavy (non-hydrogen) atoms. The summed E-state index contributed by atoms with van der Waals surface area (Å²) in [6.45, 7) is 2.09. The van der Waals surface area contributed by atoms with Crippen LogP contribution in [0.3, 0.4) is 0 Å². The molecule has 6 nitrogen and oxygen atoms in total. The molecule has 0 aromatic heterocycles. The van der Waals surface area contributed by atoms with E-state index in [0.29, 0.717) is 48.0 Å². The number of nitrogens with one attached hydrogen (secondary N) is 1. The molecule has 1 heterocycles. The molecule has 2 aromatic rings. The highest BCUT2D eigenvalue weighted by molar-refractivity contribution is 6.31. The lowest BCUT2D eigenvalue weighted by molar-refractivity contribution is -0.119. The topological polar surface area (TPSA) is 69.7 Å². The van der Waals surface area contributed by atoms with Crippen molar-refractivity contribution in [3.8, 4) is 0 Å². The van der Waals surface area contributed by atoms with E-state index in [9.17, 15) is 14.4 Å². The van der Waals surface area contributed by atoms with Gasteiger partial charge in [0.1, 0.15) is 0 Å². The second-order valence-corrected chi connectivity index (χ2v) is 6.41. The summed E-state index contributed by atoms with van der Waals surface area (Å²) in [5.41, 5.74) is 1.58. The molecule has 1 aliphatic rings. The number of carbonyl (C=O) groups is 3. The SMILES string of the molecule is O=CN1CCN(C(=O)c2ccc(C(=O)Nc3cccc(Cl)c3)cc2)CC1. The van der Waals surface area contributed by atoms with E-state index in [1.807, 2.05) is 0 Å². The minimum atomic E-state index is -0.272. The monoisotopic (exact) mass is 371 g/mol. The molecule has 0 unspecified atom stereocenters. The standard InChI is InChI=1S/C19H18ClN3O3/c20-16-2-1-3-17(12-16)21-18(25)14-4-6-15(7-5-14)19(26)23-10-8-22(13-24)9-11-23/h1-7,12-13H,8-11H2,(H,21,25). The number of nitrogens with zero attached hydrogens (tertiary/aromatic N) is 2. The van der Waals surface area contributed by atoms with E-state index in [1.165, 1.54) is 0 Å². The van der Waals surface area contributed by atoms with Crippen LogP contribution in [0.1, 0.15) is 20.7 Å². The van der Waals surface area contributed by atoms with Gasteiger partial charge in [-0.1, -0.05) is 17.7 Å². The van der Waals surface area contributed by atoms with Crippen LogP contribution in [0.15, 0.2) is 48.5 Å². The van der Waals surface area contributed by atoms with Crippen molar-refractivity contribution in [2.75, 3.05) is 31.5 Å². The number of halogens is 1. The first kappa shape index (κ1) is 17.9. The zero-order valence-electron chi connectivity index (χ0n) is 14.0. The van der Waals surface area contributed by atoms with E-state index in [0.717, 1.165) is 6.41 Å². The van der Waals surface area contributed by atoms with E-state index in [4.69, 9.17) is 11.6 Å². The molecule has 7 heteroatoms. The molecule has 0 radical (unpaired) electrons. The van der Waals surface area contributed by atoms with Gasteiger partial charge >= 0.3 is 0 Å². The van der Waals surface area contributed by atoms with E-state index in [-0.39, 0.29) is 11.8 Å². The Morgan fingerprint density at radius 3 is 2.23 bits per heavy atom. The van der Waals surface area contributed by atoms with Crippen LogP contribution in [-0.2, 0) is 4.79 Å². The van der Waals surface area contributed by atoms with Crippen LogP contribution in [0.25, 0.3) is 0 Å². The predicted octanol–water partition coefficient (Wildman–Crippen LogP) is 2.51. The highest BCUT2D eigenvalue weighted by atomic mass is 35.5.